The van der Waals surface area contributed by atoms with E-state index in [2.05, 4.69) is 101 Å². The van der Waals surface area contributed by atoms with E-state index in [1.54, 1.807) is 0 Å². The van der Waals surface area contributed by atoms with E-state index in [-0.39, 0.29) is 6.85 Å². The Morgan fingerprint density at radius 1 is 0.731 bits per heavy atom. The lowest BCUT2D eigenvalue weighted by atomic mass is 9.46. The molecule has 0 atom stereocenters. The number of rotatable bonds is 0. The second-order valence-electron chi connectivity index (χ2n) is 7.25. The van der Waals surface area contributed by atoms with Crippen LogP contribution in [0.1, 0.15) is 0 Å². The molecule has 0 fully saturated rings. The molecule has 3 aromatic rings. The van der Waals surface area contributed by atoms with E-state index in [4.69, 9.17) is 0 Å². The van der Waals surface area contributed by atoms with Gasteiger partial charge in [0.15, 0.2) is 0 Å². The van der Waals surface area contributed by atoms with Crippen LogP contribution in [0.2, 0.25) is 0 Å². The zero-order chi connectivity index (χ0) is 17.3. The van der Waals surface area contributed by atoms with Gasteiger partial charge in [-0.05, 0) is 29.2 Å². The first-order valence-electron chi connectivity index (χ1n) is 9.09. The summed E-state index contributed by atoms with van der Waals surface area (Å²) >= 11 is 0. The largest absolute Gasteiger partial charge is 0.374 e. The van der Waals surface area contributed by atoms with Crippen molar-refractivity contribution in [3.63, 3.8) is 0 Å². The average molecular weight is 335 g/mol. The minimum absolute atomic E-state index is 0.209. The van der Waals surface area contributed by atoms with E-state index in [1.165, 1.54) is 39.2 Å². The number of anilines is 3. The van der Waals surface area contributed by atoms with Gasteiger partial charge in [-0.25, -0.2) is 0 Å². The van der Waals surface area contributed by atoms with E-state index in [9.17, 15) is 0 Å². The van der Waals surface area contributed by atoms with Gasteiger partial charge in [0.2, 0.25) is 0 Å². The third kappa shape index (κ3) is 1.69. The Bertz CT molecular complexity index is 1070. The molecule has 0 aliphatic carbocycles. The van der Waals surface area contributed by atoms with Crippen molar-refractivity contribution in [2.24, 2.45) is 0 Å². The highest BCUT2D eigenvalue weighted by atomic mass is 15.4. The number of para-hydroxylation sites is 3. The summed E-state index contributed by atoms with van der Waals surface area (Å²) in [6.07, 6.45) is 2.30. The molecular weight excluding hydrogens is 317 g/mol. The highest BCUT2D eigenvalue weighted by molar-refractivity contribution is 6.87. The van der Waals surface area contributed by atoms with Crippen LogP contribution >= 0.6 is 0 Å². The van der Waals surface area contributed by atoms with Crippen LogP contribution in [0.25, 0.3) is 11.1 Å². The summed E-state index contributed by atoms with van der Waals surface area (Å²) in [4.78, 5) is 7.26. The molecule has 0 amide bonds. The van der Waals surface area contributed by atoms with Crippen LogP contribution < -0.4 is 15.2 Å². The Labute approximate surface area is 153 Å². The van der Waals surface area contributed by atoms with E-state index < -0.39 is 0 Å². The third-order valence-corrected chi connectivity index (χ3v) is 5.71. The minimum atomic E-state index is 0.209. The van der Waals surface area contributed by atoms with Crippen molar-refractivity contribution >= 4 is 29.4 Å². The molecule has 3 aliphatic rings. The van der Waals surface area contributed by atoms with Crippen LogP contribution in [0.5, 0.6) is 0 Å². The first kappa shape index (κ1) is 14.1. The Hall–Kier alpha value is -3.14. The van der Waals surface area contributed by atoms with Gasteiger partial charge in [-0.2, -0.15) is 0 Å². The summed E-state index contributed by atoms with van der Waals surface area (Å²) in [5, 5.41) is 0. The molecule has 26 heavy (non-hydrogen) atoms. The van der Waals surface area contributed by atoms with Crippen molar-refractivity contribution in [1.29, 1.82) is 0 Å². The Morgan fingerprint density at radius 3 is 2.23 bits per heavy atom. The molecular formula is C22H18BN3. The van der Waals surface area contributed by atoms with Crippen LogP contribution in [-0.2, 0) is 0 Å². The summed E-state index contributed by atoms with van der Waals surface area (Å²) in [5.41, 5.74) is 9.26. The van der Waals surface area contributed by atoms with Crippen molar-refractivity contribution in [2.45, 2.75) is 0 Å². The van der Waals surface area contributed by atoms with Gasteiger partial charge in [-0.15, -0.1) is 0 Å². The Kier molecular flexibility index (Phi) is 2.68. The van der Waals surface area contributed by atoms with Gasteiger partial charge in [-0.3, -0.25) is 0 Å². The molecule has 0 saturated carbocycles. The van der Waals surface area contributed by atoms with Gasteiger partial charge >= 0.3 is 6.85 Å². The maximum Gasteiger partial charge on any atom is 0.348 e. The lowest BCUT2D eigenvalue weighted by Crippen LogP contribution is -2.56. The van der Waals surface area contributed by atoms with Crippen LogP contribution in [0.15, 0.2) is 84.6 Å². The van der Waals surface area contributed by atoms with Crippen molar-refractivity contribution in [3.8, 4) is 11.1 Å². The number of nitrogens with zero attached hydrogens (tertiary/aromatic N) is 3. The van der Waals surface area contributed by atoms with Crippen molar-refractivity contribution in [1.82, 2.24) is 4.90 Å². The fourth-order valence-electron chi connectivity index (χ4n) is 4.70. The van der Waals surface area contributed by atoms with Gasteiger partial charge < -0.3 is 14.6 Å². The van der Waals surface area contributed by atoms with E-state index >= 15 is 0 Å². The summed E-state index contributed by atoms with van der Waals surface area (Å²) < 4.78 is 0. The molecule has 0 aromatic heterocycles. The minimum Gasteiger partial charge on any atom is -0.374 e. The highest BCUT2D eigenvalue weighted by Crippen LogP contribution is 2.48. The summed E-state index contributed by atoms with van der Waals surface area (Å²) in [7, 11) is 2.15. The normalized spacial score (nSPS) is 16.4. The quantitative estimate of drug-likeness (QED) is 0.579. The van der Waals surface area contributed by atoms with Gasteiger partial charge in [0.25, 0.3) is 0 Å². The monoisotopic (exact) mass is 335 g/mol. The van der Waals surface area contributed by atoms with Gasteiger partial charge in [-0.1, -0.05) is 54.6 Å². The van der Waals surface area contributed by atoms with Crippen LogP contribution in [0, 0.1) is 0 Å². The molecule has 0 N–H and O–H groups in total. The standard InChI is InChI=1S/C22H18BN3/c1-24-14-22-23-18-10-4-2-8-16(18)17-9-3-5-11-19(17)26(23)21-13-7-6-12-20(21)25(22)15-24/h2-14H,15H2,1H3. The fraction of sp³-hybridized carbons (Fsp3) is 0.0909. The predicted octanol–water partition coefficient (Wildman–Crippen LogP) is 3.81. The van der Waals surface area contributed by atoms with Gasteiger partial charge in [0.1, 0.15) is 0 Å². The lowest BCUT2D eigenvalue weighted by molar-refractivity contribution is 0.495. The molecule has 0 bridgehead atoms. The molecule has 0 spiro atoms. The topological polar surface area (TPSA) is 9.72 Å². The van der Waals surface area contributed by atoms with Crippen LogP contribution in [0.4, 0.5) is 17.1 Å². The highest BCUT2D eigenvalue weighted by Gasteiger charge is 2.46. The Morgan fingerprint density at radius 2 is 1.38 bits per heavy atom. The molecule has 0 unspecified atom stereocenters. The fourth-order valence-corrected chi connectivity index (χ4v) is 4.70. The summed E-state index contributed by atoms with van der Waals surface area (Å²) in [6.45, 7) is 1.11. The molecule has 0 radical (unpaired) electrons. The van der Waals surface area contributed by atoms with Crippen molar-refractivity contribution in [3.05, 3.63) is 84.6 Å². The molecule has 3 aromatic carbocycles. The number of benzene rings is 3. The lowest BCUT2D eigenvalue weighted by Gasteiger charge is -2.46. The molecule has 3 aliphatic heterocycles. The second-order valence-corrected chi connectivity index (χ2v) is 7.25. The van der Waals surface area contributed by atoms with Gasteiger partial charge in [0, 0.05) is 30.1 Å². The van der Waals surface area contributed by atoms with E-state index in [0.29, 0.717) is 0 Å². The van der Waals surface area contributed by atoms with E-state index in [0.717, 1.165) is 6.67 Å². The first-order valence-corrected chi connectivity index (χ1v) is 9.09. The number of hydrogen-bond acceptors (Lipinski definition) is 3. The molecule has 3 nitrogen and oxygen atoms in total. The van der Waals surface area contributed by atoms with Crippen LogP contribution in [0.3, 0.4) is 0 Å². The maximum atomic E-state index is 2.52. The molecule has 124 valence electrons. The number of hydrogen-bond donors (Lipinski definition) is 0. The second kappa shape index (κ2) is 4.95. The summed E-state index contributed by atoms with van der Waals surface area (Å²) in [5.74, 6) is 0. The predicted molar refractivity (Wildman–Crippen MR) is 109 cm³/mol. The van der Waals surface area contributed by atoms with Crippen LogP contribution in [-0.4, -0.2) is 25.5 Å². The van der Waals surface area contributed by atoms with E-state index in [1.807, 2.05) is 0 Å². The molecule has 0 saturated heterocycles. The zero-order valence-electron chi connectivity index (χ0n) is 14.6. The maximum absolute atomic E-state index is 2.52. The molecule has 3 heterocycles. The third-order valence-electron chi connectivity index (χ3n) is 5.71. The number of fused-ring (bicyclic) bond motifs is 11. The molecule has 6 rings (SSSR count). The Balaban J connectivity index is 1.72. The van der Waals surface area contributed by atoms with Crippen molar-refractivity contribution < 1.29 is 0 Å². The SMILES string of the molecule is CN1C=C2B3c4ccccc4-c4ccccc4N3c3ccccc3N2C1. The van der Waals surface area contributed by atoms with Crippen molar-refractivity contribution in [2.75, 3.05) is 23.4 Å². The molecule has 4 heteroatoms. The smallest absolute Gasteiger partial charge is 0.348 e. The van der Waals surface area contributed by atoms with Gasteiger partial charge in [0.05, 0.1) is 18.0 Å². The first-order chi connectivity index (χ1) is 12.8. The summed E-state index contributed by atoms with van der Waals surface area (Å²) in [6, 6.07) is 26.4. The average Bonchev–Trinajstić information content (AvgIpc) is 3.09. The zero-order valence-corrected chi connectivity index (χ0v) is 14.6.